The van der Waals surface area contributed by atoms with Gasteiger partial charge in [0.15, 0.2) is 0 Å². The van der Waals surface area contributed by atoms with Crippen molar-refractivity contribution in [2.24, 2.45) is 0 Å². The highest BCUT2D eigenvalue weighted by atomic mass is 32.2. The largest absolute Gasteiger partial charge is 0.496 e. The molecule has 0 radical (unpaired) electrons. The average Bonchev–Trinajstić information content (AvgIpc) is 2.35. The monoisotopic (exact) mass is 243 g/mol. The Morgan fingerprint density at radius 3 is 2.88 bits per heavy atom. The maximum atomic E-state index is 5.82. The second kappa shape index (κ2) is 4.00. The van der Waals surface area contributed by atoms with Crippen LogP contribution < -0.4 is 10.5 Å². The molecule has 1 aliphatic heterocycles. The first-order chi connectivity index (χ1) is 8.28. The summed E-state index contributed by atoms with van der Waals surface area (Å²) in [5, 5.41) is 0. The van der Waals surface area contributed by atoms with Gasteiger partial charge >= 0.3 is 0 Å². The SMILES string of the molecule is COc1cccc2c1Sc1ccc(N)cc1C2. The number of methoxy groups -OCH3 is 1. The molecule has 2 aromatic carbocycles. The van der Waals surface area contributed by atoms with Gasteiger partial charge in [-0.1, -0.05) is 23.9 Å². The summed E-state index contributed by atoms with van der Waals surface area (Å²) in [4.78, 5) is 2.50. The molecular formula is C14H13NOS. The van der Waals surface area contributed by atoms with Gasteiger partial charge in [0.1, 0.15) is 5.75 Å². The quantitative estimate of drug-likeness (QED) is 0.666. The molecule has 2 nitrogen and oxygen atoms in total. The normalized spacial score (nSPS) is 12.8. The molecule has 0 fully saturated rings. The molecule has 2 aromatic rings. The van der Waals surface area contributed by atoms with Crippen molar-refractivity contribution in [2.45, 2.75) is 16.2 Å². The van der Waals surface area contributed by atoms with Crippen molar-refractivity contribution in [3.63, 3.8) is 0 Å². The van der Waals surface area contributed by atoms with E-state index >= 15 is 0 Å². The van der Waals surface area contributed by atoms with E-state index in [0.717, 1.165) is 17.9 Å². The Bertz CT molecular complexity index is 580. The van der Waals surface area contributed by atoms with E-state index in [0.29, 0.717) is 0 Å². The molecular weight excluding hydrogens is 230 g/mol. The van der Waals surface area contributed by atoms with Crippen LogP contribution in [0, 0.1) is 0 Å². The summed E-state index contributed by atoms with van der Waals surface area (Å²) in [6.45, 7) is 0. The highest BCUT2D eigenvalue weighted by molar-refractivity contribution is 7.99. The van der Waals surface area contributed by atoms with Crippen LogP contribution in [-0.4, -0.2) is 7.11 Å². The predicted octanol–water partition coefficient (Wildman–Crippen LogP) is 3.33. The molecule has 0 aromatic heterocycles. The third kappa shape index (κ3) is 1.76. The van der Waals surface area contributed by atoms with Crippen LogP contribution in [0.1, 0.15) is 11.1 Å². The second-order valence-electron chi connectivity index (χ2n) is 4.09. The van der Waals surface area contributed by atoms with Gasteiger partial charge in [0.25, 0.3) is 0 Å². The molecule has 0 spiro atoms. The van der Waals surface area contributed by atoms with Crippen LogP contribution in [0.25, 0.3) is 0 Å². The fraction of sp³-hybridized carbons (Fsp3) is 0.143. The van der Waals surface area contributed by atoms with Crippen molar-refractivity contribution in [3.8, 4) is 5.75 Å². The summed E-state index contributed by atoms with van der Waals surface area (Å²) in [6.07, 6.45) is 0.930. The highest BCUT2D eigenvalue weighted by Gasteiger charge is 2.19. The number of rotatable bonds is 1. The van der Waals surface area contributed by atoms with Crippen molar-refractivity contribution < 1.29 is 4.74 Å². The maximum absolute atomic E-state index is 5.82. The van der Waals surface area contributed by atoms with Gasteiger partial charge < -0.3 is 10.5 Å². The Morgan fingerprint density at radius 1 is 1.18 bits per heavy atom. The molecule has 3 rings (SSSR count). The first-order valence-corrected chi connectivity index (χ1v) is 6.31. The number of ether oxygens (including phenoxy) is 1. The van der Waals surface area contributed by atoms with E-state index < -0.39 is 0 Å². The Morgan fingerprint density at radius 2 is 2.06 bits per heavy atom. The molecule has 2 N–H and O–H groups in total. The van der Waals surface area contributed by atoms with Crippen molar-refractivity contribution in [1.29, 1.82) is 0 Å². The molecule has 0 atom stereocenters. The minimum atomic E-state index is 0.829. The van der Waals surface area contributed by atoms with Crippen molar-refractivity contribution >= 4 is 17.4 Å². The van der Waals surface area contributed by atoms with Crippen molar-refractivity contribution in [3.05, 3.63) is 47.5 Å². The van der Waals surface area contributed by atoms with Gasteiger partial charge in [0.05, 0.1) is 12.0 Å². The molecule has 1 aliphatic rings. The number of hydrogen-bond acceptors (Lipinski definition) is 3. The number of hydrogen-bond donors (Lipinski definition) is 1. The van der Waals surface area contributed by atoms with Crippen LogP contribution >= 0.6 is 11.8 Å². The molecule has 86 valence electrons. The van der Waals surface area contributed by atoms with E-state index in [-0.39, 0.29) is 0 Å². The summed E-state index contributed by atoms with van der Waals surface area (Å²) in [5.41, 5.74) is 9.27. The van der Waals surface area contributed by atoms with E-state index in [1.54, 1.807) is 18.9 Å². The number of benzene rings is 2. The van der Waals surface area contributed by atoms with Crippen LogP contribution in [-0.2, 0) is 6.42 Å². The lowest BCUT2D eigenvalue weighted by Crippen LogP contribution is -2.02. The first kappa shape index (κ1) is 10.5. The van der Waals surface area contributed by atoms with Crippen molar-refractivity contribution in [2.75, 3.05) is 12.8 Å². The van der Waals surface area contributed by atoms with Crippen LogP contribution in [0.3, 0.4) is 0 Å². The third-order valence-electron chi connectivity index (χ3n) is 2.96. The average molecular weight is 243 g/mol. The zero-order valence-electron chi connectivity index (χ0n) is 9.57. The smallest absolute Gasteiger partial charge is 0.133 e. The standard InChI is InChI=1S/C14H13NOS/c1-16-12-4-2-3-9-7-10-8-11(15)5-6-13(10)17-14(9)12/h2-6,8H,7,15H2,1H3. The van der Waals surface area contributed by atoms with E-state index in [1.807, 2.05) is 18.2 Å². The molecule has 3 heteroatoms. The maximum Gasteiger partial charge on any atom is 0.133 e. The lowest BCUT2D eigenvalue weighted by Gasteiger charge is -2.21. The first-order valence-electron chi connectivity index (χ1n) is 5.50. The topological polar surface area (TPSA) is 35.2 Å². The van der Waals surface area contributed by atoms with Gasteiger partial charge in [0, 0.05) is 10.6 Å². The number of nitrogens with two attached hydrogens (primary N) is 1. The third-order valence-corrected chi connectivity index (χ3v) is 4.24. The van der Waals surface area contributed by atoms with Crippen LogP contribution in [0.2, 0.25) is 0 Å². The minimum Gasteiger partial charge on any atom is -0.496 e. The van der Waals surface area contributed by atoms with E-state index in [4.69, 9.17) is 10.5 Å². The molecule has 0 unspecified atom stereocenters. The summed E-state index contributed by atoms with van der Waals surface area (Å²) in [6, 6.07) is 12.3. The summed E-state index contributed by atoms with van der Waals surface area (Å²) in [7, 11) is 1.72. The second-order valence-corrected chi connectivity index (χ2v) is 5.15. The number of nitrogen functional groups attached to an aromatic ring is 1. The van der Waals surface area contributed by atoms with Gasteiger partial charge in [-0.05, 0) is 41.8 Å². The summed E-state index contributed by atoms with van der Waals surface area (Å²) in [5.74, 6) is 0.954. The predicted molar refractivity (Wildman–Crippen MR) is 70.8 cm³/mol. The summed E-state index contributed by atoms with van der Waals surface area (Å²) < 4.78 is 5.41. The van der Waals surface area contributed by atoms with Gasteiger partial charge in [-0.25, -0.2) is 0 Å². The van der Waals surface area contributed by atoms with E-state index in [2.05, 4.69) is 18.2 Å². The number of anilines is 1. The lowest BCUT2D eigenvalue weighted by atomic mass is 10.0. The Hall–Kier alpha value is -1.61. The lowest BCUT2D eigenvalue weighted by molar-refractivity contribution is 0.403. The van der Waals surface area contributed by atoms with Gasteiger partial charge in [-0.3, -0.25) is 0 Å². The van der Waals surface area contributed by atoms with Crippen LogP contribution in [0.5, 0.6) is 5.75 Å². The zero-order chi connectivity index (χ0) is 11.8. The molecule has 0 aliphatic carbocycles. The fourth-order valence-electron chi connectivity index (χ4n) is 2.13. The highest BCUT2D eigenvalue weighted by Crippen LogP contribution is 2.44. The Kier molecular flexibility index (Phi) is 2.48. The van der Waals surface area contributed by atoms with E-state index in [9.17, 15) is 0 Å². The molecule has 17 heavy (non-hydrogen) atoms. The Labute approximate surface area is 105 Å². The molecule has 0 saturated carbocycles. The summed E-state index contributed by atoms with van der Waals surface area (Å²) >= 11 is 1.76. The van der Waals surface area contributed by atoms with Gasteiger partial charge in [-0.15, -0.1) is 0 Å². The Balaban J connectivity index is 2.10. The zero-order valence-corrected chi connectivity index (χ0v) is 10.4. The molecule has 0 bridgehead atoms. The molecule has 1 heterocycles. The van der Waals surface area contributed by atoms with Crippen LogP contribution in [0.15, 0.2) is 46.2 Å². The van der Waals surface area contributed by atoms with Gasteiger partial charge in [-0.2, -0.15) is 0 Å². The fourth-order valence-corrected chi connectivity index (χ4v) is 3.27. The van der Waals surface area contributed by atoms with E-state index in [1.165, 1.54) is 20.9 Å². The minimum absolute atomic E-state index is 0.829. The molecule has 0 saturated heterocycles. The number of fused-ring (bicyclic) bond motifs is 2. The van der Waals surface area contributed by atoms with Gasteiger partial charge in [0.2, 0.25) is 0 Å². The molecule has 0 amide bonds. The van der Waals surface area contributed by atoms with Crippen LogP contribution in [0.4, 0.5) is 5.69 Å². The van der Waals surface area contributed by atoms with Crippen molar-refractivity contribution in [1.82, 2.24) is 0 Å².